The summed E-state index contributed by atoms with van der Waals surface area (Å²) in [5.74, 6) is -2.38. The maximum Gasteiger partial charge on any atom is 0.508 e. The normalized spacial score (nSPS) is 24.8. The van der Waals surface area contributed by atoms with Crippen LogP contribution in [0, 0.1) is 0 Å². The molecule has 0 radical (unpaired) electrons. The van der Waals surface area contributed by atoms with Crippen LogP contribution >= 0.6 is 11.8 Å². The highest BCUT2D eigenvalue weighted by Gasteiger charge is 2.60. The molecule has 0 aliphatic carbocycles. The van der Waals surface area contributed by atoms with E-state index in [9.17, 15) is 4.79 Å². The van der Waals surface area contributed by atoms with Gasteiger partial charge in [-0.15, -0.1) is 11.8 Å². The van der Waals surface area contributed by atoms with E-state index in [1.54, 1.807) is 18.7 Å². The highest BCUT2D eigenvalue weighted by atomic mass is 32.2. The molecule has 0 spiro atoms. The number of hydrogen-bond acceptors (Lipinski definition) is 7. The molecule has 6 nitrogen and oxygen atoms in total. The summed E-state index contributed by atoms with van der Waals surface area (Å²) in [6, 6.07) is 14.7. The molecule has 2 aliphatic heterocycles. The first-order chi connectivity index (χ1) is 20.3. The molecular weight excluding hydrogens is 562 g/mol. The van der Waals surface area contributed by atoms with Crippen LogP contribution in [-0.4, -0.2) is 62.6 Å². The van der Waals surface area contributed by atoms with E-state index >= 15 is 8.78 Å². The molecule has 0 N–H and O–H groups in total. The predicted molar refractivity (Wildman–Crippen MR) is 160 cm³/mol. The van der Waals surface area contributed by atoms with Gasteiger partial charge in [0, 0.05) is 29.8 Å². The van der Waals surface area contributed by atoms with Crippen LogP contribution in [-0.2, 0) is 30.1 Å². The van der Waals surface area contributed by atoms with Crippen molar-refractivity contribution < 1.29 is 37.3 Å². The first-order valence-electron chi connectivity index (χ1n) is 15.2. The van der Waals surface area contributed by atoms with Gasteiger partial charge in [0.25, 0.3) is 0 Å². The van der Waals surface area contributed by atoms with Crippen LogP contribution in [0.15, 0.2) is 47.4 Å². The van der Waals surface area contributed by atoms with E-state index in [0.29, 0.717) is 13.0 Å². The number of carbonyl (C=O) groups excluding carboxylic acids is 1. The minimum atomic E-state index is -3.47. The quantitative estimate of drug-likeness (QED) is 0.159. The summed E-state index contributed by atoms with van der Waals surface area (Å²) in [5.41, 5.74) is 4.41. The van der Waals surface area contributed by atoms with E-state index in [1.165, 1.54) is 16.0 Å². The predicted octanol–water partition coefficient (Wildman–Crippen LogP) is 8.11. The monoisotopic (exact) mass is 606 g/mol. The van der Waals surface area contributed by atoms with Crippen molar-refractivity contribution >= 4 is 17.9 Å². The Morgan fingerprint density at radius 2 is 1.64 bits per heavy atom. The lowest BCUT2D eigenvalue weighted by Gasteiger charge is -2.46. The number of rotatable bonds is 14. The summed E-state index contributed by atoms with van der Waals surface area (Å²) in [6.45, 7) is 7.65. The number of alkyl halides is 2. The molecule has 0 aromatic heterocycles. The number of benzene rings is 2. The summed E-state index contributed by atoms with van der Waals surface area (Å²) in [7, 11) is 0. The molecular formula is C33H44F2O6S. The van der Waals surface area contributed by atoms with Gasteiger partial charge < -0.3 is 23.7 Å². The van der Waals surface area contributed by atoms with Crippen molar-refractivity contribution in [2.75, 3.05) is 32.2 Å². The van der Waals surface area contributed by atoms with E-state index in [2.05, 4.69) is 37.3 Å². The highest BCUT2D eigenvalue weighted by Crippen LogP contribution is 2.48. The minimum absolute atomic E-state index is 0.0783. The van der Waals surface area contributed by atoms with Gasteiger partial charge in [-0.3, -0.25) is 0 Å². The van der Waals surface area contributed by atoms with E-state index in [0.717, 1.165) is 42.6 Å². The van der Waals surface area contributed by atoms with Gasteiger partial charge >= 0.3 is 12.1 Å². The first-order valence-corrected chi connectivity index (χ1v) is 16.2. The minimum Gasteiger partial charge on any atom is -0.435 e. The Kier molecular flexibility index (Phi) is 12.1. The van der Waals surface area contributed by atoms with Gasteiger partial charge in [-0.05, 0) is 54.5 Å². The van der Waals surface area contributed by atoms with Gasteiger partial charge in [-0.2, -0.15) is 0 Å². The molecule has 4 rings (SSSR count). The third-order valence-corrected chi connectivity index (χ3v) is 9.05. The number of unbranched alkanes of at least 4 members (excludes halogenated alkanes) is 2. The molecule has 1 saturated heterocycles. The number of halogens is 2. The number of hydrogen-bond donors (Lipinski definition) is 0. The summed E-state index contributed by atoms with van der Waals surface area (Å²) in [6.07, 6.45) is -2.20. The Labute approximate surface area is 252 Å². The van der Waals surface area contributed by atoms with E-state index in [4.69, 9.17) is 23.7 Å². The Morgan fingerprint density at radius 1 is 0.952 bits per heavy atom. The molecule has 0 saturated carbocycles. The summed E-state index contributed by atoms with van der Waals surface area (Å²) in [4.78, 5) is 13.1. The second kappa shape index (κ2) is 15.5. The number of carbonyl (C=O) groups is 1. The van der Waals surface area contributed by atoms with Crippen molar-refractivity contribution in [1.82, 2.24) is 0 Å². The zero-order chi connectivity index (χ0) is 30.1. The maximum atomic E-state index is 16.0. The van der Waals surface area contributed by atoms with E-state index in [-0.39, 0.29) is 19.1 Å². The van der Waals surface area contributed by atoms with Gasteiger partial charge in [-0.25, -0.2) is 13.6 Å². The zero-order valence-corrected chi connectivity index (χ0v) is 25.9. The third-order valence-electron chi connectivity index (χ3n) is 7.87. The number of thioether (sulfide) groups is 1. The van der Waals surface area contributed by atoms with Gasteiger partial charge in [0.05, 0.1) is 6.61 Å². The Bertz CT molecular complexity index is 1140. The fourth-order valence-electron chi connectivity index (χ4n) is 5.40. The van der Waals surface area contributed by atoms with Gasteiger partial charge in [0.15, 0.2) is 12.2 Å². The van der Waals surface area contributed by atoms with Crippen LogP contribution in [0.4, 0.5) is 13.6 Å². The van der Waals surface area contributed by atoms with Crippen LogP contribution in [0.5, 0.6) is 0 Å². The molecule has 5 unspecified atom stereocenters. The molecule has 2 heterocycles. The van der Waals surface area contributed by atoms with Crippen LogP contribution < -0.4 is 0 Å². The van der Waals surface area contributed by atoms with Crippen molar-refractivity contribution in [2.45, 2.75) is 101 Å². The average Bonchev–Trinajstić information content (AvgIpc) is 3.41. The standard InChI is InChI=1S/C33H44F2O6S/c1-5-9-17-38-30-29(41-28(20-40-32(36)37-8-4)33(34,35)31(30)39-18-10-6-2)24-15-16-27-25(19-24)26(21-42-27)23-13-11-22(7-3)12-14-23/h11-16,19,26,28-31H,5-10,17-18,20-21H2,1-4H3. The van der Waals surface area contributed by atoms with Gasteiger partial charge in [0.1, 0.15) is 18.8 Å². The van der Waals surface area contributed by atoms with Crippen LogP contribution in [0.1, 0.15) is 87.7 Å². The Morgan fingerprint density at radius 3 is 2.31 bits per heavy atom. The number of ether oxygens (including phenoxy) is 5. The largest absolute Gasteiger partial charge is 0.508 e. The maximum absolute atomic E-state index is 16.0. The highest BCUT2D eigenvalue weighted by molar-refractivity contribution is 7.99. The summed E-state index contributed by atoms with van der Waals surface area (Å²) < 4.78 is 60.1. The van der Waals surface area contributed by atoms with Crippen LogP contribution in [0.3, 0.4) is 0 Å². The number of fused-ring (bicyclic) bond motifs is 1. The van der Waals surface area contributed by atoms with Gasteiger partial charge in [-0.1, -0.05) is 70.0 Å². The molecule has 0 amide bonds. The van der Waals surface area contributed by atoms with Crippen LogP contribution in [0.2, 0.25) is 0 Å². The lowest BCUT2D eigenvalue weighted by molar-refractivity contribution is -0.314. The lowest BCUT2D eigenvalue weighted by Crippen LogP contribution is -2.62. The van der Waals surface area contributed by atoms with Crippen molar-refractivity contribution in [3.8, 4) is 0 Å². The first kappa shape index (κ1) is 32.7. The Hall–Kier alpha value is -2.20. The van der Waals surface area contributed by atoms with Crippen molar-refractivity contribution in [3.63, 3.8) is 0 Å². The fraction of sp³-hybridized carbons (Fsp3) is 0.606. The zero-order valence-electron chi connectivity index (χ0n) is 25.1. The topological polar surface area (TPSA) is 63.2 Å². The van der Waals surface area contributed by atoms with Gasteiger partial charge in [0.2, 0.25) is 0 Å². The molecule has 232 valence electrons. The average molecular weight is 607 g/mol. The van der Waals surface area contributed by atoms with E-state index in [1.807, 2.05) is 26.0 Å². The summed E-state index contributed by atoms with van der Waals surface area (Å²) in [5, 5.41) is 0. The number of aryl methyl sites for hydroxylation is 1. The van der Waals surface area contributed by atoms with Crippen molar-refractivity contribution in [1.29, 1.82) is 0 Å². The molecule has 9 heteroatoms. The summed E-state index contributed by atoms with van der Waals surface area (Å²) >= 11 is 1.80. The van der Waals surface area contributed by atoms with Crippen LogP contribution in [0.25, 0.3) is 0 Å². The SMILES string of the molecule is CCCCOC1C(c2ccc3c(c2)C(c2ccc(CC)cc2)CS3)OC(COC(=O)OCC)C(F)(F)C1OCCCC. The molecule has 42 heavy (non-hydrogen) atoms. The molecule has 2 aliphatic rings. The second-order valence-electron chi connectivity index (χ2n) is 10.8. The molecule has 0 bridgehead atoms. The second-order valence-corrected chi connectivity index (χ2v) is 11.9. The van der Waals surface area contributed by atoms with E-state index < -0.39 is 43.1 Å². The third kappa shape index (κ3) is 7.65. The smallest absolute Gasteiger partial charge is 0.435 e. The van der Waals surface area contributed by atoms with Crippen molar-refractivity contribution in [2.24, 2.45) is 0 Å². The molecule has 1 fully saturated rings. The Balaban J connectivity index is 1.69. The lowest BCUT2D eigenvalue weighted by atomic mass is 9.86. The fourth-order valence-corrected chi connectivity index (χ4v) is 6.65. The molecule has 5 atom stereocenters. The molecule has 2 aromatic carbocycles. The molecule has 2 aromatic rings. The van der Waals surface area contributed by atoms with Crippen molar-refractivity contribution in [3.05, 3.63) is 64.7 Å².